The maximum Gasteiger partial charge on any atom is 0.239 e. The molecule has 0 atom stereocenters. The lowest BCUT2D eigenvalue weighted by molar-refractivity contribution is -0.119. The third kappa shape index (κ3) is 3.09. The van der Waals surface area contributed by atoms with E-state index in [9.17, 15) is 4.79 Å². The van der Waals surface area contributed by atoms with E-state index in [1.165, 1.54) is 5.56 Å². The van der Waals surface area contributed by atoms with Gasteiger partial charge in [-0.2, -0.15) is 0 Å². The number of anilines is 1. The van der Waals surface area contributed by atoms with E-state index in [1.807, 2.05) is 98.8 Å². The summed E-state index contributed by atoms with van der Waals surface area (Å²) in [5, 5.41) is 3.07. The van der Waals surface area contributed by atoms with Crippen LogP contribution in [0.1, 0.15) is 23.6 Å². The molecule has 0 heterocycles. The molecule has 0 saturated carbocycles. The molecule has 0 spiro atoms. The van der Waals surface area contributed by atoms with Crippen LogP contribution in [-0.2, 0) is 10.2 Å². The van der Waals surface area contributed by atoms with Crippen LogP contribution in [0.25, 0.3) is 0 Å². The van der Waals surface area contributed by atoms with Crippen LogP contribution in [0.3, 0.4) is 0 Å². The van der Waals surface area contributed by atoms with Crippen LogP contribution in [0.15, 0.2) is 84.9 Å². The van der Waals surface area contributed by atoms with Crippen molar-refractivity contribution >= 4 is 11.6 Å². The van der Waals surface area contributed by atoms with Gasteiger partial charge in [0.25, 0.3) is 0 Å². The van der Waals surface area contributed by atoms with Crippen LogP contribution >= 0.6 is 0 Å². The van der Waals surface area contributed by atoms with Gasteiger partial charge in [-0.15, -0.1) is 0 Å². The number of carbonyl (C=O) groups excluding carboxylic acids is 1. The van der Waals surface area contributed by atoms with Crippen LogP contribution in [0.4, 0.5) is 5.69 Å². The van der Waals surface area contributed by atoms with E-state index < -0.39 is 5.41 Å². The Balaban J connectivity index is 2.02. The molecule has 0 fully saturated rings. The zero-order valence-corrected chi connectivity index (χ0v) is 14.0. The number of benzene rings is 3. The second-order valence-corrected chi connectivity index (χ2v) is 6.18. The Morgan fingerprint density at radius 1 is 0.750 bits per heavy atom. The smallest absolute Gasteiger partial charge is 0.239 e. The normalized spacial score (nSPS) is 11.1. The topological polar surface area (TPSA) is 29.1 Å². The van der Waals surface area contributed by atoms with Gasteiger partial charge in [-0.25, -0.2) is 0 Å². The maximum atomic E-state index is 13.2. The predicted molar refractivity (Wildman–Crippen MR) is 99.1 cm³/mol. The monoisotopic (exact) mass is 315 g/mol. The highest BCUT2D eigenvalue weighted by Gasteiger charge is 2.36. The summed E-state index contributed by atoms with van der Waals surface area (Å²) in [5.41, 5.74) is 3.17. The number of rotatable bonds is 4. The van der Waals surface area contributed by atoms with Crippen molar-refractivity contribution in [3.05, 3.63) is 102 Å². The van der Waals surface area contributed by atoms with Gasteiger partial charge >= 0.3 is 0 Å². The first-order valence-electron chi connectivity index (χ1n) is 8.10. The molecule has 120 valence electrons. The fourth-order valence-corrected chi connectivity index (χ4v) is 2.86. The summed E-state index contributed by atoms with van der Waals surface area (Å²) < 4.78 is 0. The Morgan fingerprint density at radius 3 is 1.67 bits per heavy atom. The van der Waals surface area contributed by atoms with E-state index in [0.29, 0.717) is 0 Å². The molecule has 2 heteroatoms. The van der Waals surface area contributed by atoms with Crippen molar-refractivity contribution in [2.75, 3.05) is 5.32 Å². The molecule has 3 aromatic carbocycles. The highest BCUT2D eigenvalue weighted by Crippen LogP contribution is 2.33. The number of nitrogens with one attached hydrogen (secondary N) is 1. The minimum Gasteiger partial charge on any atom is -0.325 e. The fraction of sp³-hybridized carbons (Fsp3) is 0.136. The summed E-state index contributed by atoms with van der Waals surface area (Å²) in [5.74, 6) is -0.0382. The van der Waals surface area contributed by atoms with Crippen molar-refractivity contribution in [1.82, 2.24) is 0 Å². The van der Waals surface area contributed by atoms with Gasteiger partial charge in [-0.1, -0.05) is 78.4 Å². The Bertz CT molecular complexity index is 768. The minimum atomic E-state index is -0.757. The van der Waals surface area contributed by atoms with Crippen molar-refractivity contribution in [1.29, 1.82) is 0 Å². The lowest BCUT2D eigenvalue weighted by Gasteiger charge is -2.29. The zero-order chi connectivity index (χ0) is 17.0. The molecule has 0 aliphatic heterocycles. The molecule has 1 N–H and O–H groups in total. The molecule has 1 amide bonds. The lowest BCUT2D eigenvalue weighted by atomic mass is 9.75. The van der Waals surface area contributed by atoms with Gasteiger partial charge in [-0.3, -0.25) is 4.79 Å². The van der Waals surface area contributed by atoms with Crippen LogP contribution < -0.4 is 5.32 Å². The highest BCUT2D eigenvalue weighted by atomic mass is 16.2. The predicted octanol–water partition coefficient (Wildman–Crippen LogP) is 4.94. The molecule has 0 saturated heterocycles. The summed E-state index contributed by atoms with van der Waals surface area (Å²) in [6.07, 6.45) is 0. The van der Waals surface area contributed by atoms with Gasteiger partial charge in [-0.05, 0) is 37.1 Å². The van der Waals surface area contributed by atoms with Gasteiger partial charge < -0.3 is 5.32 Å². The molecule has 0 aliphatic carbocycles. The van der Waals surface area contributed by atoms with Gasteiger partial charge in [0.05, 0.1) is 5.41 Å². The highest BCUT2D eigenvalue weighted by molar-refractivity contribution is 6.01. The van der Waals surface area contributed by atoms with Crippen molar-refractivity contribution in [2.45, 2.75) is 19.3 Å². The van der Waals surface area contributed by atoms with Gasteiger partial charge in [0, 0.05) is 5.69 Å². The number of carbonyl (C=O) groups is 1. The Labute approximate surface area is 143 Å². The lowest BCUT2D eigenvalue weighted by Crippen LogP contribution is -2.38. The van der Waals surface area contributed by atoms with E-state index >= 15 is 0 Å². The summed E-state index contributed by atoms with van der Waals surface area (Å²) in [7, 11) is 0. The molecule has 0 radical (unpaired) electrons. The molecule has 0 aromatic heterocycles. The van der Waals surface area contributed by atoms with Crippen LogP contribution in [0.2, 0.25) is 0 Å². The minimum absolute atomic E-state index is 0.0382. The first kappa shape index (κ1) is 16.0. The molecule has 0 bridgehead atoms. The molecule has 0 unspecified atom stereocenters. The molecule has 24 heavy (non-hydrogen) atoms. The summed E-state index contributed by atoms with van der Waals surface area (Å²) in [4.78, 5) is 13.2. The third-order valence-electron chi connectivity index (χ3n) is 4.47. The number of aryl methyl sites for hydroxylation is 1. The Kier molecular flexibility index (Phi) is 4.48. The van der Waals surface area contributed by atoms with Crippen molar-refractivity contribution in [3.63, 3.8) is 0 Å². The van der Waals surface area contributed by atoms with E-state index in [0.717, 1.165) is 16.8 Å². The summed E-state index contributed by atoms with van der Waals surface area (Å²) >= 11 is 0. The van der Waals surface area contributed by atoms with Gasteiger partial charge in [0.15, 0.2) is 0 Å². The van der Waals surface area contributed by atoms with Crippen molar-refractivity contribution < 1.29 is 4.79 Å². The van der Waals surface area contributed by atoms with E-state index in [4.69, 9.17) is 0 Å². The van der Waals surface area contributed by atoms with E-state index in [-0.39, 0.29) is 5.91 Å². The number of amides is 1. The zero-order valence-electron chi connectivity index (χ0n) is 14.0. The summed E-state index contributed by atoms with van der Waals surface area (Å²) in [6, 6.07) is 27.7. The van der Waals surface area contributed by atoms with Crippen LogP contribution in [-0.4, -0.2) is 5.91 Å². The molecule has 2 nitrogen and oxygen atoms in total. The standard InChI is InChI=1S/C22H21NO/c1-17-13-15-20(16-14-17)23-21(24)22(2,18-9-5-3-6-10-18)19-11-7-4-8-12-19/h3-16H,1-2H3,(H,23,24). The van der Waals surface area contributed by atoms with Crippen molar-refractivity contribution in [2.24, 2.45) is 0 Å². The second kappa shape index (κ2) is 6.71. The largest absolute Gasteiger partial charge is 0.325 e. The van der Waals surface area contributed by atoms with E-state index in [2.05, 4.69) is 5.32 Å². The summed E-state index contributed by atoms with van der Waals surface area (Å²) in [6.45, 7) is 4.00. The van der Waals surface area contributed by atoms with Crippen LogP contribution in [0.5, 0.6) is 0 Å². The third-order valence-corrected chi connectivity index (χ3v) is 4.47. The average molecular weight is 315 g/mol. The molecular weight excluding hydrogens is 294 g/mol. The Morgan fingerprint density at radius 2 is 1.21 bits per heavy atom. The van der Waals surface area contributed by atoms with Crippen molar-refractivity contribution in [3.8, 4) is 0 Å². The fourth-order valence-electron chi connectivity index (χ4n) is 2.86. The Hall–Kier alpha value is -2.87. The SMILES string of the molecule is Cc1ccc(NC(=O)C(C)(c2ccccc2)c2ccccc2)cc1. The first-order chi connectivity index (χ1) is 11.6. The number of hydrogen-bond acceptors (Lipinski definition) is 1. The number of hydrogen-bond donors (Lipinski definition) is 1. The van der Waals surface area contributed by atoms with Gasteiger partial charge in [0.2, 0.25) is 5.91 Å². The molecule has 3 aromatic rings. The second-order valence-electron chi connectivity index (χ2n) is 6.18. The maximum absolute atomic E-state index is 13.2. The molecular formula is C22H21NO. The quantitative estimate of drug-likeness (QED) is 0.726. The average Bonchev–Trinajstić information content (AvgIpc) is 2.64. The molecule has 0 aliphatic rings. The van der Waals surface area contributed by atoms with Crippen LogP contribution in [0, 0.1) is 6.92 Å². The molecule has 3 rings (SSSR count). The van der Waals surface area contributed by atoms with E-state index in [1.54, 1.807) is 0 Å². The van der Waals surface area contributed by atoms with Gasteiger partial charge in [0.1, 0.15) is 0 Å². The first-order valence-corrected chi connectivity index (χ1v) is 8.10.